The van der Waals surface area contributed by atoms with Crippen molar-refractivity contribution in [1.29, 1.82) is 0 Å². The molecule has 20 heavy (non-hydrogen) atoms. The predicted molar refractivity (Wildman–Crippen MR) is 82.1 cm³/mol. The summed E-state index contributed by atoms with van der Waals surface area (Å²) in [6, 6.07) is 0. The summed E-state index contributed by atoms with van der Waals surface area (Å²) in [6.45, 7) is 10.0. The van der Waals surface area contributed by atoms with Crippen LogP contribution in [0.15, 0.2) is 23.2 Å². The van der Waals surface area contributed by atoms with Crippen molar-refractivity contribution in [2.24, 2.45) is 0 Å². The van der Waals surface area contributed by atoms with E-state index < -0.39 is 0 Å². The summed E-state index contributed by atoms with van der Waals surface area (Å²) >= 11 is 3.47. The third-order valence-electron chi connectivity index (χ3n) is 3.32. The molecule has 0 radical (unpaired) electrons. The van der Waals surface area contributed by atoms with Crippen molar-refractivity contribution in [1.82, 2.24) is 14.4 Å². The molecule has 6 heteroatoms. The molecule has 3 rings (SSSR count). The maximum Gasteiger partial charge on any atom is 0.180 e. The van der Waals surface area contributed by atoms with E-state index in [1.54, 1.807) is 6.20 Å². The van der Waals surface area contributed by atoms with Gasteiger partial charge in [0.15, 0.2) is 11.5 Å². The summed E-state index contributed by atoms with van der Waals surface area (Å²) in [5, 5.41) is 0. The van der Waals surface area contributed by atoms with Gasteiger partial charge in [0.05, 0.1) is 11.2 Å². The minimum Gasteiger partial charge on any atom is -0.366 e. The molecule has 0 saturated carbocycles. The zero-order valence-corrected chi connectivity index (χ0v) is 13.8. The summed E-state index contributed by atoms with van der Waals surface area (Å²) < 4.78 is 8.92. The zero-order valence-electron chi connectivity index (χ0n) is 12.2. The van der Waals surface area contributed by atoms with E-state index in [1.165, 1.54) is 0 Å². The maximum atomic E-state index is 6.13. The summed E-state index contributed by atoms with van der Waals surface area (Å²) in [7, 11) is 0. The van der Waals surface area contributed by atoms with E-state index in [-0.39, 0.29) is 11.2 Å². The van der Waals surface area contributed by atoms with Crippen LogP contribution in [-0.4, -0.2) is 38.7 Å². The predicted octanol–water partition coefficient (Wildman–Crippen LogP) is 2.89. The van der Waals surface area contributed by atoms with Crippen molar-refractivity contribution in [2.45, 2.75) is 38.9 Å². The molecule has 1 aliphatic rings. The summed E-state index contributed by atoms with van der Waals surface area (Å²) in [6.07, 6.45) is 5.65. The molecule has 0 spiro atoms. The highest BCUT2D eigenvalue weighted by molar-refractivity contribution is 9.10. The fourth-order valence-corrected chi connectivity index (χ4v) is 3.42. The molecule has 2 aromatic rings. The van der Waals surface area contributed by atoms with Gasteiger partial charge in [0.25, 0.3) is 0 Å². The van der Waals surface area contributed by atoms with Crippen LogP contribution in [0.25, 0.3) is 5.65 Å². The molecule has 1 saturated heterocycles. The first-order valence-electron chi connectivity index (χ1n) is 6.70. The van der Waals surface area contributed by atoms with E-state index in [1.807, 2.05) is 16.8 Å². The largest absolute Gasteiger partial charge is 0.366 e. The molecule has 1 fully saturated rings. The SMILES string of the molecule is CC1(C)CN(c2nc(Br)cn3ccnc23)CC(C)(C)O1. The number of aromatic nitrogens is 3. The van der Waals surface area contributed by atoms with Crippen LogP contribution >= 0.6 is 15.9 Å². The van der Waals surface area contributed by atoms with Crippen LogP contribution in [0.2, 0.25) is 0 Å². The van der Waals surface area contributed by atoms with Crippen LogP contribution in [0.1, 0.15) is 27.7 Å². The van der Waals surface area contributed by atoms with Crippen LogP contribution in [0, 0.1) is 0 Å². The molecule has 0 unspecified atom stereocenters. The van der Waals surface area contributed by atoms with Crippen LogP contribution < -0.4 is 4.90 Å². The summed E-state index contributed by atoms with van der Waals surface area (Å²) in [5.74, 6) is 0.897. The Hall–Kier alpha value is -1.14. The number of imidazole rings is 1. The first-order chi connectivity index (χ1) is 9.26. The van der Waals surface area contributed by atoms with E-state index in [0.29, 0.717) is 0 Å². The van der Waals surface area contributed by atoms with E-state index >= 15 is 0 Å². The Morgan fingerprint density at radius 2 is 1.85 bits per heavy atom. The molecular weight excluding hydrogens is 320 g/mol. The van der Waals surface area contributed by atoms with Gasteiger partial charge in [-0.3, -0.25) is 0 Å². The molecule has 0 atom stereocenters. The molecule has 5 nitrogen and oxygen atoms in total. The third-order valence-corrected chi connectivity index (χ3v) is 3.70. The Kier molecular flexibility index (Phi) is 3.06. The first-order valence-corrected chi connectivity index (χ1v) is 7.49. The molecule has 2 aromatic heterocycles. The molecule has 108 valence electrons. The quantitative estimate of drug-likeness (QED) is 0.801. The molecule has 0 aromatic carbocycles. The van der Waals surface area contributed by atoms with Gasteiger partial charge in [-0.05, 0) is 43.6 Å². The molecule has 0 amide bonds. The molecule has 3 heterocycles. The number of ether oxygens (including phenoxy) is 1. The number of rotatable bonds is 1. The fraction of sp³-hybridized carbons (Fsp3) is 0.571. The standard InChI is InChI=1S/C14H19BrN4O/c1-13(2)8-19(9-14(3,4)20-13)12-11-16-5-6-18(11)7-10(15)17-12/h5-7H,8-9H2,1-4H3. The maximum absolute atomic E-state index is 6.13. The first kappa shape index (κ1) is 13.8. The van der Waals surface area contributed by atoms with Gasteiger partial charge in [-0.2, -0.15) is 0 Å². The Morgan fingerprint density at radius 3 is 2.50 bits per heavy atom. The van der Waals surface area contributed by atoms with E-state index in [2.05, 4.69) is 58.5 Å². The number of anilines is 1. The smallest absolute Gasteiger partial charge is 0.180 e. The van der Waals surface area contributed by atoms with Gasteiger partial charge in [0.1, 0.15) is 4.60 Å². The van der Waals surface area contributed by atoms with Crippen LogP contribution in [-0.2, 0) is 4.74 Å². The highest BCUT2D eigenvalue weighted by atomic mass is 79.9. The van der Waals surface area contributed by atoms with Crippen molar-refractivity contribution >= 4 is 27.4 Å². The number of hydrogen-bond donors (Lipinski definition) is 0. The molecule has 1 aliphatic heterocycles. The lowest BCUT2D eigenvalue weighted by molar-refractivity contribution is -0.133. The van der Waals surface area contributed by atoms with Crippen molar-refractivity contribution in [3.05, 3.63) is 23.2 Å². The minimum atomic E-state index is -0.213. The number of hydrogen-bond acceptors (Lipinski definition) is 4. The highest BCUT2D eigenvalue weighted by Crippen LogP contribution is 2.32. The summed E-state index contributed by atoms with van der Waals surface area (Å²) in [4.78, 5) is 11.3. The van der Waals surface area contributed by atoms with Crippen molar-refractivity contribution < 1.29 is 4.74 Å². The van der Waals surface area contributed by atoms with Crippen molar-refractivity contribution in [3.8, 4) is 0 Å². The topological polar surface area (TPSA) is 42.7 Å². The van der Waals surface area contributed by atoms with Gasteiger partial charge < -0.3 is 14.0 Å². The second-order valence-electron chi connectivity index (χ2n) is 6.52. The Balaban J connectivity index is 2.08. The number of fused-ring (bicyclic) bond motifs is 1. The third kappa shape index (κ3) is 2.54. The second kappa shape index (κ2) is 4.43. The van der Waals surface area contributed by atoms with Gasteiger partial charge in [0.2, 0.25) is 0 Å². The van der Waals surface area contributed by atoms with E-state index in [4.69, 9.17) is 4.74 Å². The van der Waals surface area contributed by atoms with Crippen molar-refractivity contribution in [3.63, 3.8) is 0 Å². The Bertz CT molecular complexity index is 634. The fourth-order valence-electron chi connectivity index (χ4n) is 3.03. The van der Waals surface area contributed by atoms with E-state index in [0.717, 1.165) is 29.2 Å². The van der Waals surface area contributed by atoms with E-state index in [9.17, 15) is 0 Å². The van der Waals surface area contributed by atoms with Gasteiger partial charge in [0, 0.05) is 31.7 Å². The van der Waals surface area contributed by atoms with Crippen LogP contribution in [0.4, 0.5) is 5.82 Å². The highest BCUT2D eigenvalue weighted by Gasteiger charge is 2.39. The Morgan fingerprint density at radius 1 is 1.20 bits per heavy atom. The zero-order chi connectivity index (χ0) is 14.5. The normalized spacial score (nSPS) is 21.4. The molecular formula is C14H19BrN4O. The lowest BCUT2D eigenvalue weighted by Gasteiger charge is -2.47. The lowest BCUT2D eigenvalue weighted by atomic mass is 9.99. The number of nitrogens with zero attached hydrogens (tertiary/aromatic N) is 4. The Labute approximate surface area is 127 Å². The second-order valence-corrected chi connectivity index (χ2v) is 7.34. The van der Waals surface area contributed by atoms with Gasteiger partial charge >= 0.3 is 0 Å². The average molecular weight is 339 g/mol. The van der Waals surface area contributed by atoms with Crippen LogP contribution in [0.5, 0.6) is 0 Å². The number of halogens is 1. The average Bonchev–Trinajstić information content (AvgIpc) is 2.71. The number of morpholine rings is 1. The van der Waals surface area contributed by atoms with Gasteiger partial charge in [-0.15, -0.1) is 0 Å². The molecule has 0 aliphatic carbocycles. The van der Waals surface area contributed by atoms with Crippen molar-refractivity contribution in [2.75, 3.05) is 18.0 Å². The monoisotopic (exact) mass is 338 g/mol. The summed E-state index contributed by atoms with van der Waals surface area (Å²) in [5.41, 5.74) is 0.451. The molecule has 0 N–H and O–H groups in total. The molecule has 0 bridgehead atoms. The minimum absolute atomic E-state index is 0.213. The lowest BCUT2D eigenvalue weighted by Crippen LogP contribution is -2.57. The van der Waals surface area contributed by atoms with Gasteiger partial charge in [-0.25, -0.2) is 9.97 Å². The van der Waals surface area contributed by atoms with Gasteiger partial charge in [-0.1, -0.05) is 0 Å². The van der Waals surface area contributed by atoms with Crippen LogP contribution in [0.3, 0.4) is 0 Å².